The Kier molecular flexibility index (Phi) is 4.21. The average Bonchev–Trinajstić information content (AvgIpc) is 2.41. The molecule has 3 heteroatoms. The van der Waals surface area contributed by atoms with Crippen LogP contribution in [0.25, 0.3) is 0 Å². The highest BCUT2D eigenvalue weighted by molar-refractivity contribution is 5.39. The quantitative estimate of drug-likeness (QED) is 0.856. The molecule has 1 aromatic rings. The SMILES string of the molecule is CCCNC1CC(C)(CC2CCC2)Oc2ccc(F)cc21. The van der Waals surface area contributed by atoms with Crippen LogP contribution in [0.5, 0.6) is 5.75 Å². The molecule has 0 aromatic heterocycles. The molecule has 2 atom stereocenters. The monoisotopic (exact) mass is 291 g/mol. The van der Waals surface area contributed by atoms with Gasteiger partial charge in [-0.25, -0.2) is 4.39 Å². The van der Waals surface area contributed by atoms with Crippen molar-refractivity contribution < 1.29 is 9.13 Å². The number of fused-ring (bicyclic) bond motifs is 1. The van der Waals surface area contributed by atoms with E-state index in [4.69, 9.17) is 4.74 Å². The van der Waals surface area contributed by atoms with E-state index in [1.54, 1.807) is 12.1 Å². The van der Waals surface area contributed by atoms with E-state index in [1.165, 1.54) is 25.3 Å². The summed E-state index contributed by atoms with van der Waals surface area (Å²) in [7, 11) is 0. The van der Waals surface area contributed by atoms with Gasteiger partial charge in [-0.15, -0.1) is 0 Å². The molecule has 0 bridgehead atoms. The molecule has 0 spiro atoms. The van der Waals surface area contributed by atoms with Gasteiger partial charge in [-0.1, -0.05) is 26.2 Å². The summed E-state index contributed by atoms with van der Waals surface area (Å²) in [4.78, 5) is 0. The van der Waals surface area contributed by atoms with Gasteiger partial charge in [0, 0.05) is 18.0 Å². The Bertz CT molecular complexity index is 500. The first-order valence-electron chi connectivity index (χ1n) is 8.31. The van der Waals surface area contributed by atoms with Gasteiger partial charge in [0.15, 0.2) is 0 Å². The van der Waals surface area contributed by atoms with Crippen molar-refractivity contribution in [2.45, 2.75) is 64.0 Å². The molecule has 1 saturated carbocycles. The van der Waals surface area contributed by atoms with E-state index in [1.807, 2.05) is 0 Å². The minimum absolute atomic E-state index is 0.124. The fourth-order valence-corrected chi connectivity index (χ4v) is 3.67. The summed E-state index contributed by atoms with van der Waals surface area (Å²) in [5, 5.41) is 3.57. The van der Waals surface area contributed by atoms with E-state index >= 15 is 0 Å². The maximum absolute atomic E-state index is 13.6. The summed E-state index contributed by atoms with van der Waals surface area (Å²) in [6.45, 7) is 5.34. The van der Waals surface area contributed by atoms with E-state index in [-0.39, 0.29) is 17.5 Å². The van der Waals surface area contributed by atoms with E-state index in [2.05, 4.69) is 19.2 Å². The van der Waals surface area contributed by atoms with Crippen LogP contribution in [0.15, 0.2) is 18.2 Å². The van der Waals surface area contributed by atoms with Crippen molar-refractivity contribution in [1.29, 1.82) is 0 Å². The van der Waals surface area contributed by atoms with Crippen molar-refractivity contribution in [3.05, 3.63) is 29.6 Å². The lowest BCUT2D eigenvalue weighted by Crippen LogP contribution is -2.44. The van der Waals surface area contributed by atoms with Crippen LogP contribution in [0.3, 0.4) is 0 Å². The summed E-state index contributed by atoms with van der Waals surface area (Å²) in [6.07, 6.45) is 7.17. The summed E-state index contributed by atoms with van der Waals surface area (Å²) in [5.74, 6) is 1.49. The predicted octanol–water partition coefficient (Wildman–Crippen LogP) is 4.60. The Balaban J connectivity index is 1.82. The molecule has 1 fully saturated rings. The first kappa shape index (κ1) is 14.8. The van der Waals surface area contributed by atoms with Gasteiger partial charge >= 0.3 is 0 Å². The second-order valence-electron chi connectivity index (χ2n) is 6.95. The van der Waals surface area contributed by atoms with Crippen LogP contribution < -0.4 is 10.1 Å². The van der Waals surface area contributed by atoms with Crippen LogP contribution in [0.1, 0.15) is 64.0 Å². The van der Waals surface area contributed by atoms with Crippen molar-refractivity contribution in [1.82, 2.24) is 5.32 Å². The molecule has 116 valence electrons. The number of rotatable bonds is 5. The zero-order chi connectivity index (χ0) is 14.9. The van der Waals surface area contributed by atoms with Crippen LogP contribution in [-0.2, 0) is 0 Å². The highest BCUT2D eigenvalue weighted by Crippen LogP contribution is 2.45. The largest absolute Gasteiger partial charge is 0.487 e. The van der Waals surface area contributed by atoms with E-state index in [9.17, 15) is 4.39 Å². The Morgan fingerprint density at radius 2 is 2.19 bits per heavy atom. The normalized spacial score (nSPS) is 28.6. The van der Waals surface area contributed by atoms with Gasteiger partial charge in [-0.2, -0.15) is 0 Å². The molecule has 3 rings (SSSR count). The Morgan fingerprint density at radius 3 is 2.86 bits per heavy atom. The summed E-state index contributed by atoms with van der Waals surface area (Å²) < 4.78 is 19.9. The smallest absolute Gasteiger partial charge is 0.125 e. The number of benzene rings is 1. The molecule has 1 aromatic carbocycles. The second-order valence-corrected chi connectivity index (χ2v) is 6.95. The molecule has 21 heavy (non-hydrogen) atoms. The fraction of sp³-hybridized carbons (Fsp3) is 0.667. The van der Waals surface area contributed by atoms with Gasteiger partial charge in [-0.3, -0.25) is 0 Å². The van der Waals surface area contributed by atoms with Crippen molar-refractivity contribution in [3.63, 3.8) is 0 Å². The number of ether oxygens (including phenoxy) is 1. The third-order valence-corrected chi connectivity index (χ3v) is 4.93. The van der Waals surface area contributed by atoms with E-state index in [0.717, 1.165) is 43.0 Å². The molecule has 0 radical (unpaired) electrons. The molecular weight excluding hydrogens is 265 g/mol. The molecule has 2 aliphatic rings. The lowest BCUT2D eigenvalue weighted by atomic mass is 9.74. The highest BCUT2D eigenvalue weighted by atomic mass is 19.1. The number of hydrogen-bond donors (Lipinski definition) is 1. The van der Waals surface area contributed by atoms with Crippen LogP contribution >= 0.6 is 0 Å². The van der Waals surface area contributed by atoms with Gasteiger partial charge < -0.3 is 10.1 Å². The summed E-state index contributed by atoms with van der Waals surface area (Å²) in [6, 6.07) is 5.13. The molecule has 2 nitrogen and oxygen atoms in total. The Morgan fingerprint density at radius 1 is 1.38 bits per heavy atom. The number of nitrogens with one attached hydrogen (secondary N) is 1. The number of halogens is 1. The zero-order valence-corrected chi connectivity index (χ0v) is 13.1. The van der Waals surface area contributed by atoms with Crippen LogP contribution in [0.2, 0.25) is 0 Å². The van der Waals surface area contributed by atoms with E-state index in [0.29, 0.717) is 0 Å². The molecule has 1 N–H and O–H groups in total. The standard InChI is InChI=1S/C18H26FNO/c1-3-9-20-16-12-18(2,11-13-5-4-6-13)21-17-8-7-14(19)10-15(16)17/h7-8,10,13,16,20H,3-6,9,11-12H2,1-2H3. The maximum atomic E-state index is 13.6. The lowest BCUT2D eigenvalue weighted by Gasteiger charge is -2.43. The molecule has 0 saturated heterocycles. The van der Waals surface area contributed by atoms with Crippen molar-refractivity contribution in [3.8, 4) is 5.75 Å². The first-order valence-corrected chi connectivity index (χ1v) is 8.31. The molecule has 1 heterocycles. The van der Waals surface area contributed by atoms with Gasteiger partial charge in [-0.05, 0) is 50.4 Å². The lowest BCUT2D eigenvalue weighted by molar-refractivity contribution is 0.0123. The molecular formula is C18H26FNO. The number of hydrogen-bond acceptors (Lipinski definition) is 2. The fourth-order valence-electron chi connectivity index (χ4n) is 3.67. The van der Waals surface area contributed by atoms with Crippen LogP contribution in [0.4, 0.5) is 4.39 Å². The first-order chi connectivity index (χ1) is 10.1. The van der Waals surface area contributed by atoms with Crippen molar-refractivity contribution in [2.75, 3.05) is 6.54 Å². The third-order valence-electron chi connectivity index (χ3n) is 4.93. The van der Waals surface area contributed by atoms with Crippen LogP contribution in [0, 0.1) is 11.7 Å². The van der Waals surface area contributed by atoms with Gasteiger partial charge in [0.05, 0.1) is 0 Å². The molecule has 2 unspecified atom stereocenters. The Labute approximate surface area is 127 Å². The molecule has 1 aliphatic heterocycles. The maximum Gasteiger partial charge on any atom is 0.125 e. The Hall–Kier alpha value is -1.09. The van der Waals surface area contributed by atoms with E-state index < -0.39 is 0 Å². The topological polar surface area (TPSA) is 21.3 Å². The van der Waals surface area contributed by atoms with Gasteiger partial charge in [0.1, 0.15) is 17.2 Å². The minimum Gasteiger partial charge on any atom is -0.487 e. The average molecular weight is 291 g/mol. The van der Waals surface area contributed by atoms with Crippen molar-refractivity contribution in [2.24, 2.45) is 5.92 Å². The molecule has 1 aliphatic carbocycles. The summed E-state index contributed by atoms with van der Waals surface area (Å²) >= 11 is 0. The molecule has 0 amide bonds. The predicted molar refractivity (Wildman–Crippen MR) is 83.0 cm³/mol. The minimum atomic E-state index is -0.178. The third kappa shape index (κ3) is 3.23. The van der Waals surface area contributed by atoms with Gasteiger partial charge in [0.25, 0.3) is 0 Å². The highest BCUT2D eigenvalue weighted by Gasteiger charge is 2.39. The second kappa shape index (κ2) is 5.96. The van der Waals surface area contributed by atoms with Crippen LogP contribution in [-0.4, -0.2) is 12.1 Å². The summed E-state index contributed by atoms with van der Waals surface area (Å²) in [5.41, 5.74) is 0.857. The zero-order valence-electron chi connectivity index (χ0n) is 13.1. The van der Waals surface area contributed by atoms with Gasteiger partial charge in [0.2, 0.25) is 0 Å². The van der Waals surface area contributed by atoms with Crippen molar-refractivity contribution >= 4 is 0 Å².